The molecule has 0 aromatic rings. The van der Waals surface area contributed by atoms with Crippen molar-refractivity contribution < 1.29 is 0 Å². The van der Waals surface area contributed by atoms with E-state index in [1.165, 1.54) is 19.3 Å². The van der Waals surface area contributed by atoms with Gasteiger partial charge in [-0.05, 0) is 6.42 Å². The van der Waals surface area contributed by atoms with Crippen molar-refractivity contribution in [3.05, 3.63) is 0 Å². The molecule has 0 atom stereocenters. The third-order valence-electron chi connectivity index (χ3n) is 1.18. The lowest BCUT2D eigenvalue weighted by Gasteiger charge is -2.21. The van der Waals surface area contributed by atoms with Crippen molar-refractivity contribution in [2.24, 2.45) is 0 Å². The summed E-state index contributed by atoms with van der Waals surface area (Å²) in [6.07, 6.45) is 4.00. The molecule has 0 bridgehead atoms. The third kappa shape index (κ3) is 5.55. The van der Waals surface area contributed by atoms with E-state index in [1.807, 2.05) is 0 Å². The average Bonchev–Trinajstić information content (AvgIpc) is 1.84. The molecule has 4 heteroatoms. The Kier molecular flexibility index (Phi) is 8.25. The first-order valence-corrected chi connectivity index (χ1v) is 7.81. The van der Waals surface area contributed by atoms with E-state index >= 15 is 0 Å². The molecule has 0 N–H and O–H groups in total. The predicted molar refractivity (Wildman–Crippen MR) is 82.1 cm³/mol. The maximum atomic E-state index is 2.56. The number of unbranched alkanes of at least 4 members (excludes halogenated alkanes) is 1. The lowest BCUT2D eigenvalue weighted by molar-refractivity contribution is 0.718. The minimum Gasteiger partial charge on any atom is -0.0686 e. The Morgan fingerprint density at radius 2 is 1.80 bits per heavy atom. The standard InChI is InChI=1S/C6H10I4/c1-2-3-4-6(9,10)5(7)8/h5H,2-4H2,1H3. The third-order valence-corrected chi connectivity index (χ3v) is 10.4. The molecule has 0 saturated heterocycles. The molecule has 0 aromatic heterocycles. The number of halogens is 4. The molecule has 0 aromatic carbocycles. The Morgan fingerprint density at radius 1 is 1.30 bits per heavy atom. The molecule has 0 aliphatic rings. The highest BCUT2D eigenvalue weighted by Gasteiger charge is 2.28. The van der Waals surface area contributed by atoms with Crippen LogP contribution in [0.3, 0.4) is 0 Å². The molecule has 62 valence electrons. The van der Waals surface area contributed by atoms with Crippen molar-refractivity contribution in [2.75, 3.05) is 0 Å². The summed E-state index contributed by atoms with van der Waals surface area (Å²) in [6.45, 7) is 2.25. The summed E-state index contributed by atoms with van der Waals surface area (Å²) in [5.41, 5.74) is 0. The van der Waals surface area contributed by atoms with E-state index in [2.05, 4.69) is 97.3 Å². The first kappa shape index (κ1) is 12.9. The predicted octanol–water partition coefficient (Wildman–Crippen LogP) is 4.94. The minimum atomic E-state index is 0.465. The van der Waals surface area contributed by atoms with Crippen LogP contribution in [0.15, 0.2) is 0 Å². The first-order valence-electron chi connectivity index (χ1n) is 3.16. The number of hydrogen-bond acceptors (Lipinski definition) is 0. The monoisotopic (exact) mass is 590 g/mol. The molecule has 0 amide bonds. The van der Waals surface area contributed by atoms with Crippen molar-refractivity contribution in [1.29, 1.82) is 0 Å². The Balaban J connectivity index is 3.63. The van der Waals surface area contributed by atoms with Crippen molar-refractivity contribution in [1.82, 2.24) is 0 Å². The summed E-state index contributed by atoms with van der Waals surface area (Å²) in [5, 5.41) is 0. The van der Waals surface area contributed by atoms with Gasteiger partial charge in [-0.3, -0.25) is 0 Å². The van der Waals surface area contributed by atoms with Gasteiger partial charge < -0.3 is 0 Å². The Morgan fingerprint density at radius 3 is 2.10 bits per heavy atom. The van der Waals surface area contributed by atoms with Crippen molar-refractivity contribution in [2.45, 2.75) is 29.5 Å². The van der Waals surface area contributed by atoms with Gasteiger partial charge in [-0.15, -0.1) is 0 Å². The summed E-state index contributed by atoms with van der Waals surface area (Å²) in [4.78, 5) is 0. The second-order valence-electron chi connectivity index (χ2n) is 2.17. The lowest BCUT2D eigenvalue weighted by Crippen LogP contribution is -2.18. The normalized spacial score (nSPS) is 12.6. The molecule has 0 fully saturated rings. The summed E-state index contributed by atoms with van der Waals surface area (Å²) < 4.78 is 1.20. The zero-order chi connectivity index (χ0) is 8.20. The van der Waals surface area contributed by atoms with Crippen LogP contribution in [0.25, 0.3) is 0 Å². The van der Waals surface area contributed by atoms with Crippen molar-refractivity contribution in [3.63, 3.8) is 0 Å². The first-order chi connectivity index (χ1) is 4.50. The fraction of sp³-hybridized carbons (Fsp3) is 1.00. The van der Waals surface area contributed by atoms with Gasteiger partial charge in [0.2, 0.25) is 0 Å². The quantitative estimate of drug-likeness (QED) is 0.322. The molecular formula is C6H10I4. The van der Waals surface area contributed by atoms with Gasteiger partial charge in [0, 0.05) is 0 Å². The maximum Gasteiger partial charge on any atom is 0.0941 e. The van der Waals surface area contributed by atoms with Gasteiger partial charge in [0.25, 0.3) is 0 Å². The largest absolute Gasteiger partial charge is 0.0941 e. The molecule has 0 radical (unpaired) electrons. The van der Waals surface area contributed by atoms with Gasteiger partial charge in [-0.25, -0.2) is 0 Å². The molecule has 0 saturated carbocycles. The highest BCUT2D eigenvalue weighted by atomic mass is 127. The second kappa shape index (κ2) is 6.39. The van der Waals surface area contributed by atoms with Gasteiger partial charge in [0.15, 0.2) is 0 Å². The number of rotatable bonds is 4. The molecule has 10 heavy (non-hydrogen) atoms. The molecule has 0 aliphatic heterocycles. The molecule has 0 aliphatic carbocycles. The van der Waals surface area contributed by atoms with Gasteiger partial charge in [-0.1, -0.05) is 110 Å². The fourth-order valence-corrected chi connectivity index (χ4v) is 1.91. The number of hydrogen-bond donors (Lipinski definition) is 0. The Labute approximate surface area is 118 Å². The number of alkyl halides is 4. The summed E-state index contributed by atoms with van der Waals surface area (Å²) >= 11 is 10.1. The molecular weight excluding hydrogens is 580 g/mol. The van der Waals surface area contributed by atoms with Gasteiger partial charge in [-0.2, -0.15) is 0 Å². The molecule has 0 spiro atoms. The maximum absolute atomic E-state index is 2.56. The van der Waals surface area contributed by atoms with E-state index in [1.54, 1.807) is 0 Å². The van der Waals surface area contributed by atoms with Crippen LogP contribution in [0, 0.1) is 0 Å². The second-order valence-corrected chi connectivity index (χ2v) is 13.0. The van der Waals surface area contributed by atoms with E-state index < -0.39 is 0 Å². The van der Waals surface area contributed by atoms with E-state index in [4.69, 9.17) is 0 Å². The van der Waals surface area contributed by atoms with E-state index in [-0.39, 0.29) is 0 Å². The highest BCUT2D eigenvalue weighted by molar-refractivity contribution is 14.2. The van der Waals surface area contributed by atoms with Crippen LogP contribution in [0.2, 0.25) is 0 Å². The van der Waals surface area contributed by atoms with Crippen molar-refractivity contribution >= 4 is 90.4 Å². The van der Waals surface area contributed by atoms with E-state index in [0.717, 1.165) is 1.93 Å². The molecule has 0 rings (SSSR count). The summed E-state index contributed by atoms with van der Waals surface area (Å²) in [7, 11) is 0. The summed E-state index contributed by atoms with van der Waals surface area (Å²) in [5.74, 6) is 0. The van der Waals surface area contributed by atoms with Crippen LogP contribution in [0.4, 0.5) is 0 Å². The fourth-order valence-electron chi connectivity index (χ4n) is 0.522. The summed E-state index contributed by atoms with van der Waals surface area (Å²) in [6, 6.07) is 0. The van der Waals surface area contributed by atoms with Crippen LogP contribution in [-0.2, 0) is 0 Å². The minimum absolute atomic E-state index is 0.465. The highest BCUT2D eigenvalue weighted by Crippen LogP contribution is 2.43. The van der Waals surface area contributed by atoms with Gasteiger partial charge >= 0.3 is 0 Å². The topological polar surface area (TPSA) is 0 Å². The van der Waals surface area contributed by atoms with Crippen LogP contribution < -0.4 is 0 Å². The zero-order valence-corrected chi connectivity index (χ0v) is 14.3. The SMILES string of the molecule is CCCCC(I)(I)C(I)I. The lowest BCUT2D eigenvalue weighted by atomic mass is 10.2. The smallest absolute Gasteiger partial charge is 0.0686 e. The van der Waals surface area contributed by atoms with Gasteiger partial charge in [0.05, 0.1) is 3.36 Å². The molecule has 0 heterocycles. The van der Waals surface area contributed by atoms with Crippen LogP contribution in [0.1, 0.15) is 26.2 Å². The molecule has 0 unspecified atom stereocenters. The zero-order valence-electron chi connectivity index (χ0n) is 5.71. The van der Waals surface area contributed by atoms with Crippen LogP contribution in [0.5, 0.6) is 0 Å². The van der Waals surface area contributed by atoms with E-state index in [0.29, 0.717) is 1.43 Å². The Hall–Kier alpha value is 2.92. The van der Waals surface area contributed by atoms with Crippen molar-refractivity contribution in [3.8, 4) is 0 Å². The van der Waals surface area contributed by atoms with E-state index in [9.17, 15) is 0 Å². The molecule has 0 nitrogen and oxygen atoms in total. The van der Waals surface area contributed by atoms with Crippen LogP contribution in [-0.4, -0.2) is 3.36 Å². The Bertz CT molecular complexity index is 89.7. The van der Waals surface area contributed by atoms with Crippen LogP contribution >= 0.6 is 90.4 Å². The van der Waals surface area contributed by atoms with Gasteiger partial charge in [0.1, 0.15) is 0 Å². The average molecular weight is 590 g/mol.